The number of aromatic nitrogens is 2. The molecule has 1 heterocycles. The van der Waals surface area contributed by atoms with Crippen LogP contribution in [0, 0.1) is 0 Å². The molecule has 0 saturated carbocycles. The second-order valence-electron chi connectivity index (χ2n) is 8.76. The average Bonchev–Trinajstić information content (AvgIpc) is 2.87. The van der Waals surface area contributed by atoms with Gasteiger partial charge in [-0.05, 0) is 55.3 Å². The normalized spacial score (nSPS) is 11.9. The van der Waals surface area contributed by atoms with Crippen molar-refractivity contribution in [3.8, 4) is 34.0 Å². The van der Waals surface area contributed by atoms with Crippen molar-refractivity contribution >= 4 is 0 Å². The maximum atomic E-state index is 12.9. The summed E-state index contributed by atoms with van der Waals surface area (Å²) in [5.41, 5.74) is 2.85. The average molecular weight is 465 g/mol. The minimum atomic E-state index is -0.990. The van der Waals surface area contributed by atoms with Crippen molar-refractivity contribution in [1.82, 2.24) is 9.97 Å². The van der Waals surface area contributed by atoms with Gasteiger partial charge in [0.25, 0.3) is 0 Å². The highest BCUT2D eigenvalue weighted by Gasteiger charge is 2.05. The minimum Gasteiger partial charge on any atom is -0.494 e. The predicted octanol–water partition coefficient (Wildman–Crippen LogP) is 8.07. The number of ether oxygens (including phenoxy) is 2. The SMILES string of the molecule is CCCCCCCCCCOc1ccc(-c2ncc(-c3ccc(OCC(C)F)cc3)cn2)cc1. The Morgan fingerprint density at radius 1 is 0.676 bits per heavy atom. The molecule has 0 saturated heterocycles. The predicted molar refractivity (Wildman–Crippen MR) is 137 cm³/mol. The Bertz CT molecular complexity index is 941. The Hall–Kier alpha value is -2.95. The summed E-state index contributed by atoms with van der Waals surface area (Å²) in [6.45, 7) is 4.55. The van der Waals surface area contributed by atoms with Crippen LogP contribution < -0.4 is 9.47 Å². The van der Waals surface area contributed by atoms with E-state index in [9.17, 15) is 4.39 Å². The van der Waals surface area contributed by atoms with E-state index in [0.717, 1.165) is 35.5 Å². The lowest BCUT2D eigenvalue weighted by atomic mass is 10.1. The quantitative estimate of drug-likeness (QED) is 0.213. The number of unbranched alkanes of at least 4 members (excludes halogenated alkanes) is 7. The summed E-state index contributed by atoms with van der Waals surface area (Å²) in [6.07, 6.45) is 13.0. The van der Waals surface area contributed by atoms with Gasteiger partial charge in [0, 0.05) is 23.5 Å². The molecule has 1 aromatic heterocycles. The molecule has 4 nitrogen and oxygen atoms in total. The molecule has 0 N–H and O–H groups in total. The summed E-state index contributed by atoms with van der Waals surface area (Å²) in [6, 6.07) is 15.5. The van der Waals surface area contributed by atoms with Crippen LogP contribution in [0.3, 0.4) is 0 Å². The van der Waals surface area contributed by atoms with Crippen LogP contribution in [0.4, 0.5) is 4.39 Å². The summed E-state index contributed by atoms with van der Waals surface area (Å²) in [5, 5.41) is 0. The molecule has 0 radical (unpaired) electrons. The van der Waals surface area contributed by atoms with Gasteiger partial charge in [0.05, 0.1) is 6.61 Å². The van der Waals surface area contributed by atoms with Gasteiger partial charge < -0.3 is 9.47 Å². The second-order valence-corrected chi connectivity index (χ2v) is 8.76. The van der Waals surface area contributed by atoms with Crippen molar-refractivity contribution < 1.29 is 13.9 Å². The van der Waals surface area contributed by atoms with Gasteiger partial charge in [-0.15, -0.1) is 0 Å². The molecular formula is C29H37FN2O2. The number of halogens is 1. The van der Waals surface area contributed by atoms with Gasteiger partial charge in [-0.1, -0.05) is 64.0 Å². The van der Waals surface area contributed by atoms with Crippen LogP contribution in [0.5, 0.6) is 11.5 Å². The molecule has 0 aliphatic carbocycles. The van der Waals surface area contributed by atoms with Crippen LogP contribution in [-0.2, 0) is 0 Å². The second kappa shape index (κ2) is 14.3. The van der Waals surface area contributed by atoms with E-state index in [0.29, 0.717) is 11.6 Å². The van der Waals surface area contributed by atoms with Gasteiger partial charge in [0.1, 0.15) is 24.3 Å². The summed E-state index contributed by atoms with van der Waals surface area (Å²) in [5.74, 6) is 2.21. The van der Waals surface area contributed by atoms with Crippen LogP contribution in [-0.4, -0.2) is 29.4 Å². The van der Waals surface area contributed by atoms with Crippen LogP contribution >= 0.6 is 0 Å². The number of hydrogen-bond acceptors (Lipinski definition) is 4. The Labute approximate surface area is 203 Å². The van der Waals surface area contributed by atoms with E-state index in [-0.39, 0.29) is 6.61 Å². The van der Waals surface area contributed by atoms with E-state index in [1.807, 2.05) is 60.9 Å². The zero-order valence-corrected chi connectivity index (χ0v) is 20.5. The first-order valence-corrected chi connectivity index (χ1v) is 12.6. The largest absolute Gasteiger partial charge is 0.494 e. The first-order valence-electron chi connectivity index (χ1n) is 12.6. The topological polar surface area (TPSA) is 44.2 Å². The zero-order valence-electron chi connectivity index (χ0n) is 20.5. The Kier molecular flexibility index (Phi) is 10.8. The molecule has 0 aliphatic heterocycles. The lowest BCUT2D eigenvalue weighted by Gasteiger charge is -2.08. The maximum Gasteiger partial charge on any atom is 0.159 e. The summed E-state index contributed by atoms with van der Waals surface area (Å²) in [7, 11) is 0. The molecule has 34 heavy (non-hydrogen) atoms. The Balaban J connectivity index is 1.43. The van der Waals surface area contributed by atoms with Gasteiger partial charge in [-0.3, -0.25) is 0 Å². The molecule has 182 valence electrons. The van der Waals surface area contributed by atoms with E-state index >= 15 is 0 Å². The summed E-state index contributed by atoms with van der Waals surface area (Å²) >= 11 is 0. The monoisotopic (exact) mass is 464 g/mol. The zero-order chi connectivity index (χ0) is 24.0. The molecule has 3 rings (SSSR count). The van der Waals surface area contributed by atoms with Gasteiger partial charge >= 0.3 is 0 Å². The number of alkyl halides is 1. The number of benzene rings is 2. The minimum absolute atomic E-state index is 0.0557. The van der Waals surface area contributed by atoms with Crippen LogP contribution in [0.1, 0.15) is 65.2 Å². The molecule has 1 atom stereocenters. The standard InChI is InChI=1S/C29H37FN2O2/c1-3-4-5-6-7-8-9-10-19-33-27-17-13-25(14-18-27)29-31-20-26(21-32-29)24-11-15-28(16-12-24)34-22-23(2)30/h11-18,20-21,23H,3-10,19,22H2,1-2H3. The van der Waals surface area contributed by atoms with E-state index in [1.165, 1.54) is 51.9 Å². The van der Waals surface area contributed by atoms with Crippen LogP contribution in [0.2, 0.25) is 0 Å². The first-order chi connectivity index (χ1) is 16.7. The molecule has 0 spiro atoms. The van der Waals surface area contributed by atoms with Crippen molar-refractivity contribution in [3.63, 3.8) is 0 Å². The number of hydrogen-bond donors (Lipinski definition) is 0. The highest BCUT2D eigenvalue weighted by Crippen LogP contribution is 2.24. The molecule has 1 unspecified atom stereocenters. The fourth-order valence-corrected chi connectivity index (χ4v) is 3.71. The fourth-order valence-electron chi connectivity index (χ4n) is 3.71. The highest BCUT2D eigenvalue weighted by atomic mass is 19.1. The van der Waals surface area contributed by atoms with Gasteiger partial charge in [-0.2, -0.15) is 0 Å². The van der Waals surface area contributed by atoms with Crippen molar-refractivity contribution in [3.05, 3.63) is 60.9 Å². The maximum absolute atomic E-state index is 12.9. The van der Waals surface area contributed by atoms with Crippen molar-refractivity contribution in [2.24, 2.45) is 0 Å². The highest BCUT2D eigenvalue weighted by molar-refractivity contribution is 5.64. The lowest BCUT2D eigenvalue weighted by molar-refractivity contribution is 0.210. The smallest absolute Gasteiger partial charge is 0.159 e. The third kappa shape index (κ3) is 8.77. The molecular weight excluding hydrogens is 427 g/mol. The summed E-state index contributed by atoms with van der Waals surface area (Å²) < 4.78 is 24.2. The molecule has 0 bridgehead atoms. The van der Waals surface area contributed by atoms with Crippen LogP contribution in [0.25, 0.3) is 22.5 Å². The molecule has 3 aromatic rings. The number of nitrogens with zero attached hydrogens (tertiary/aromatic N) is 2. The third-order valence-electron chi connectivity index (χ3n) is 5.70. The van der Waals surface area contributed by atoms with E-state index in [2.05, 4.69) is 16.9 Å². The van der Waals surface area contributed by atoms with Crippen LogP contribution in [0.15, 0.2) is 60.9 Å². The van der Waals surface area contributed by atoms with Crippen molar-refractivity contribution in [2.45, 2.75) is 71.4 Å². The van der Waals surface area contributed by atoms with Crippen molar-refractivity contribution in [1.29, 1.82) is 0 Å². The van der Waals surface area contributed by atoms with Gasteiger partial charge in [0.15, 0.2) is 5.82 Å². The molecule has 0 fully saturated rings. The van der Waals surface area contributed by atoms with Crippen molar-refractivity contribution in [2.75, 3.05) is 13.2 Å². The molecule has 2 aromatic carbocycles. The molecule has 0 aliphatic rings. The fraction of sp³-hybridized carbons (Fsp3) is 0.448. The van der Waals surface area contributed by atoms with E-state index in [1.54, 1.807) is 0 Å². The van der Waals surface area contributed by atoms with Gasteiger partial charge in [-0.25, -0.2) is 14.4 Å². The summed E-state index contributed by atoms with van der Waals surface area (Å²) in [4.78, 5) is 9.05. The Morgan fingerprint density at radius 3 is 1.79 bits per heavy atom. The molecule has 0 amide bonds. The van der Waals surface area contributed by atoms with E-state index in [4.69, 9.17) is 9.47 Å². The number of rotatable bonds is 15. The third-order valence-corrected chi connectivity index (χ3v) is 5.70. The lowest BCUT2D eigenvalue weighted by Crippen LogP contribution is -2.08. The van der Waals surface area contributed by atoms with Gasteiger partial charge in [0.2, 0.25) is 0 Å². The Morgan fingerprint density at radius 2 is 1.21 bits per heavy atom. The van der Waals surface area contributed by atoms with E-state index < -0.39 is 6.17 Å². The first kappa shape index (κ1) is 25.7. The molecule has 5 heteroatoms.